The molecule has 0 bridgehead atoms. The van der Waals surface area contributed by atoms with Gasteiger partial charge in [-0.25, -0.2) is 4.79 Å². The molecule has 0 spiro atoms. The first-order chi connectivity index (χ1) is 5.24. The zero-order valence-corrected chi connectivity index (χ0v) is 7.46. The molecule has 0 aliphatic heterocycles. The Hall–Kier alpha value is -1.10. The van der Waals surface area contributed by atoms with Gasteiger partial charge in [0.05, 0.1) is 0 Å². The predicted molar refractivity (Wildman–Crippen MR) is 43.0 cm³/mol. The van der Waals surface area contributed by atoms with E-state index in [1.54, 1.807) is 20.8 Å². The van der Waals surface area contributed by atoms with Crippen LogP contribution >= 0.6 is 0 Å². The van der Waals surface area contributed by atoms with E-state index in [4.69, 9.17) is 16.2 Å². The Balaban J connectivity index is 4.15. The smallest absolute Gasteiger partial charge is 0.333 e. The number of amides is 1. The second kappa shape index (κ2) is 3.53. The van der Waals surface area contributed by atoms with Crippen molar-refractivity contribution < 1.29 is 14.3 Å². The largest absolute Gasteiger partial charge is 0.458 e. The van der Waals surface area contributed by atoms with E-state index in [1.807, 2.05) is 0 Å². The molecule has 0 aromatic heterocycles. The van der Waals surface area contributed by atoms with Crippen molar-refractivity contribution in [3.8, 4) is 0 Å². The van der Waals surface area contributed by atoms with Crippen LogP contribution in [0.25, 0.3) is 0 Å². The Bertz CT molecular complexity index is 195. The van der Waals surface area contributed by atoms with Gasteiger partial charge in [0.25, 0.3) is 0 Å². The third kappa shape index (κ3) is 3.92. The molecule has 4 N–H and O–H groups in total. The second-order valence-corrected chi connectivity index (χ2v) is 3.41. The van der Waals surface area contributed by atoms with Crippen molar-refractivity contribution in [2.75, 3.05) is 0 Å². The molecule has 1 amide bonds. The van der Waals surface area contributed by atoms with Gasteiger partial charge in [0.2, 0.25) is 5.91 Å². The summed E-state index contributed by atoms with van der Waals surface area (Å²) in [4.78, 5) is 21.4. The summed E-state index contributed by atoms with van der Waals surface area (Å²) in [6.07, 6.45) is 0. The number of carbonyl (C=O) groups excluding carboxylic acids is 2. The summed E-state index contributed by atoms with van der Waals surface area (Å²) in [7, 11) is 0. The zero-order valence-electron chi connectivity index (χ0n) is 7.46. The molecule has 0 aromatic carbocycles. The highest BCUT2D eigenvalue weighted by atomic mass is 16.6. The van der Waals surface area contributed by atoms with Crippen molar-refractivity contribution in [2.24, 2.45) is 11.5 Å². The highest BCUT2D eigenvalue weighted by molar-refractivity contribution is 6.00. The molecule has 0 fully saturated rings. The number of rotatable bonds is 2. The molecule has 12 heavy (non-hydrogen) atoms. The van der Waals surface area contributed by atoms with Crippen molar-refractivity contribution in [1.29, 1.82) is 0 Å². The SMILES string of the molecule is CC(C)(C)OC(=O)C(N)C(N)=O. The van der Waals surface area contributed by atoms with Crippen molar-refractivity contribution in [3.63, 3.8) is 0 Å². The summed E-state index contributed by atoms with van der Waals surface area (Å²) in [6.45, 7) is 5.04. The molecule has 1 atom stereocenters. The Morgan fingerprint density at radius 1 is 1.33 bits per heavy atom. The molecule has 1 unspecified atom stereocenters. The van der Waals surface area contributed by atoms with Crippen LogP contribution in [0.2, 0.25) is 0 Å². The fourth-order valence-corrected chi connectivity index (χ4v) is 0.481. The van der Waals surface area contributed by atoms with Gasteiger partial charge in [0, 0.05) is 0 Å². The fraction of sp³-hybridized carbons (Fsp3) is 0.714. The molecule has 0 rings (SSSR count). The van der Waals surface area contributed by atoms with Crippen LogP contribution < -0.4 is 11.5 Å². The molecule has 5 nitrogen and oxygen atoms in total. The molecular formula is C7H14N2O3. The molecule has 0 heterocycles. The Kier molecular flexibility index (Phi) is 3.21. The van der Waals surface area contributed by atoms with Crippen LogP contribution in [0.1, 0.15) is 20.8 Å². The van der Waals surface area contributed by atoms with Crippen LogP contribution in [0.15, 0.2) is 0 Å². The highest BCUT2D eigenvalue weighted by Gasteiger charge is 2.25. The molecule has 0 aliphatic rings. The number of ether oxygens (including phenoxy) is 1. The van der Waals surface area contributed by atoms with Gasteiger partial charge < -0.3 is 16.2 Å². The van der Waals surface area contributed by atoms with Crippen molar-refractivity contribution in [1.82, 2.24) is 0 Å². The van der Waals surface area contributed by atoms with E-state index >= 15 is 0 Å². The zero-order chi connectivity index (χ0) is 9.94. The first-order valence-electron chi connectivity index (χ1n) is 3.52. The third-order valence-corrected chi connectivity index (χ3v) is 0.967. The molecule has 0 saturated carbocycles. The van der Waals surface area contributed by atoms with E-state index < -0.39 is 23.5 Å². The lowest BCUT2D eigenvalue weighted by Crippen LogP contribution is -2.46. The quantitative estimate of drug-likeness (QED) is 0.420. The summed E-state index contributed by atoms with van der Waals surface area (Å²) in [5.41, 5.74) is 9.26. The Morgan fingerprint density at radius 2 is 1.75 bits per heavy atom. The van der Waals surface area contributed by atoms with Crippen LogP contribution in [0.3, 0.4) is 0 Å². The lowest BCUT2D eigenvalue weighted by atomic mass is 10.2. The fourth-order valence-electron chi connectivity index (χ4n) is 0.481. The van der Waals surface area contributed by atoms with E-state index in [1.165, 1.54) is 0 Å². The standard InChI is InChI=1S/C7H14N2O3/c1-7(2,3)12-6(11)4(8)5(9)10/h4H,8H2,1-3H3,(H2,9,10). The van der Waals surface area contributed by atoms with E-state index in [-0.39, 0.29) is 0 Å². The van der Waals surface area contributed by atoms with Gasteiger partial charge >= 0.3 is 5.97 Å². The van der Waals surface area contributed by atoms with Crippen LogP contribution in [0, 0.1) is 0 Å². The first kappa shape index (κ1) is 10.9. The molecular weight excluding hydrogens is 160 g/mol. The number of carbonyl (C=O) groups is 2. The molecule has 70 valence electrons. The van der Waals surface area contributed by atoms with Gasteiger partial charge in [-0.2, -0.15) is 0 Å². The Morgan fingerprint density at radius 3 is 2.00 bits per heavy atom. The average molecular weight is 174 g/mol. The van der Waals surface area contributed by atoms with Gasteiger partial charge in [-0.3, -0.25) is 4.79 Å². The van der Waals surface area contributed by atoms with Crippen LogP contribution in [-0.4, -0.2) is 23.5 Å². The second-order valence-electron chi connectivity index (χ2n) is 3.41. The van der Waals surface area contributed by atoms with Crippen molar-refractivity contribution >= 4 is 11.9 Å². The molecule has 0 aromatic rings. The average Bonchev–Trinajstić information content (AvgIpc) is 1.82. The first-order valence-corrected chi connectivity index (χ1v) is 3.52. The maximum Gasteiger partial charge on any atom is 0.333 e. The summed E-state index contributed by atoms with van der Waals surface area (Å²) in [5.74, 6) is -1.68. The topological polar surface area (TPSA) is 95.4 Å². The summed E-state index contributed by atoms with van der Waals surface area (Å²) in [5, 5.41) is 0. The molecule has 0 radical (unpaired) electrons. The van der Waals surface area contributed by atoms with E-state index in [9.17, 15) is 9.59 Å². The Labute approximate surface area is 71.0 Å². The van der Waals surface area contributed by atoms with Crippen LogP contribution in [0.5, 0.6) is 0 Å². The van der Waals surface area contributed by atoms with Crippen molar-refractivity contribution in [3.05, 3.63) is 0 Å². The minimum absolute atomic E-state index is 0.649. The number of hydrogen-bond donors (Lipinski definition) is 2. The lowest BCUT2D eigenvalue weighted by Gasteiger charge is -2.20. The maximum atomic E-state index is 11.0. The number of nitrogens with two attached hydrogens (primary N) is 2. The van der Waals surface area contributed by atoms with Gasteiger partial charge in [-0.15, -0.1) is 0 Å². The summed E-state index contributed by atoms with van der Waals surface area (Å²) in [6, 6.07) is -1.37. The van der Waals surface area contributed by atoms with E-state index in [0.29, 0.717) is 0 Å². The predicted octanol–water partition coefficient (Wildman–Crippen LogP) is -0.859. The van der Waals surface area contributed by atoms with Crippen molar-refractivity contribution in [2.45, 2.75) is 32.4 Å². The third-order valence-electron chi connectivity index (χ3n) is 0.967. The van der Waals surface area contributed by atoms with Gasteiger partial charge in [0.15, 0.2) is 6.04 Å². The molecule has 5 heteroatoms. The van der Waals surface area contributed by atoms with E-state index in [2.05, 4.69) is 0 Å². The minimum atomic E-state index is -1.37. The number of primary amides is 1. The number of esters is 1. The summed E-state index contributed by atoms with van der Waals surface area (Å²) >= 11 is 0. The van der Waals surface area contributed by atoms with Gasteiger partial charge in [0.1, 0.15) is 5.60 Å². The monoisotopic (exact) mass is 174 g/mol. The van der Waals surface area contributed by atoms with Gasteiger partial charge in [-0.1, -0.05) is 0 Å². The molecule has 0 saturated heterocycles. The van der Waals surface area contributed by atoms with Gasteiger partial charge in [-0.05, 0) is 20.8 Å². The minimum Gasteiger partial charge on any atom is -0.458 e. The molecule has 0 aliphatic carbocycles. The number of hydrogen-bond acceptors (Lipinski definition) is 4. The maximum absolute atomic E-state index is 11.0. The van der Waals surface area contributed by atoms with E-state index in [0.717, 1.165) is 0 Å². The summed E-state index contributed by atoms with van der Waals surface area (Å²) < 4.78 is 4.80. The normalized spacial score (nSPS) is 13.7. The lowest BCUT2D eigenvalue weighted by molar-refractivity contribution is -0.157. The van der Waals surface area contributed by atoms with Crippen LogP contribution in [0.4, 0.5) is 0 Å². The highest BCUT2D eigenvalue weighted by Crippen LogP contribution is 2.07. The van der Waals surface area contributed by atoms with Crippen LogP contribution in [-0.2, 0) is 14.3 Å².